The Morgan fingerprint density at radius 2 is 2.11 bits per heavy atom. The lowest BCUT2D eigenvalue weighted by atomic mass is 10.1. The molecule has 0 heterocycles. The molecule has 6 heteroatoms. The van der Waals surface area contributed by atoms with E-state index >= 15 is 0 Å². The number of aryl methyl sites for hydroxylation is 1. The Balaban J connectivity index is 2.62. The first-order chi connectivity index (χ1) is 8.81. The van der Waals surface area contributed by atoms with E-state index in [1.54, 1.807) is 13.0 Å². The standard InChI is InChI=1S/C13H18ClFO3S/c1-3-4-11(9-19(14,16)17)8-18-12-5-6-13(15)10(2)7-12/h5-7,11H,3-4,8-9H2,1-2H3. The van der Waals surface area contributed by atoms with E-state index in [1.807, 2.05) is 6.92 Å². The van der Waals surface area contributed by atoms with Gasteiger partial charge in [0, 0.05) is 16.6 Å². The highest BCUT2D eigenvalue weighted by Gasteiger charge is 2.17. The molecule has 0 N–H and O–H groups in total. The van der Waals surface area contributed by atoms with Gasteiger partial charge in [0.15, 0.2) is 0 Å². The molecule has 1 aromatic rings. The topological polar surface area (TPSA) is 43.4 Å². The molecule has 0 fully saturated rings. The summed E-state index contributed by atoms with van der Waals surface area (Å²) in [6, 6.07) is 4.45. The van der Waals surface area contributed by atoms with Gasteiger partial charge in [0.05, 0.1) is 12.4 Å². The lowest BCUT2D eigenvalue weighted by Gasteiger charge is -2.15. The third kappa shape index (κ3) is 6.25. The third-order valence-corrected chi connectivity index (χ3v) is 3.99. The fourth-order valence-corrected chi connectivity index (χ4v) is 3.19. The van der Waals surface area contributed by atoms with Crippen LogP contribution in [-0.4, -0.2) is 20.8 Å². The minimum Gasteiger partial charge on any atom is -0.493 e. The number of hydrogen-bond donors (Lipinski definition) is 0. The SMILES string of the molecule is CCCC(COc1ccc(F)c(C)c1)CS(=O)(=O)Cl. The monoisotopic (exact) mass is 308 g/mol. The highest BCUT2D eigenvalue weighted by atomic mass is 35.7. The van der Waals surface area contributed by atoms with Gasteiger partial charge in [0.1, 0.15) is 11.6 Å². The Bertz CT molecular complexity index is 517. The average molecular weight is 309 g/mol. The summed E-state index contributed by atoms with van der Waals surface area (Å²) < 4.78 is 40.8. The molecule has 19 heavy (non-hydrogen) atoms. The molecule has 1 rings (SSSR count). The first kappa shape index (κ1) is 16.2. The van der Waals surface area contributed by atoms with Crippen LogP contribution in [0.4, 0.5) is 4.39 Å². The van der Waals surface area contributed by atoms with Crippen LogP contribution in [0, 0.1) is 18.7 Å². The van der Waals surface area contributed by atoms with Crippen LogP contribution in [0.5, 0.6) is 5.75 Å². The Labute approximate surface area is 118 Å². The van der Waals surface area contributed by atoms with Crippen molar-refractivity contribution in [2.24, 2.45) is 5.92 Å². The fourth-order valence-electron chi connectivity index (χ4n) is 1.83. The van der Waals surface area contributed by atoms with Crippen LogP contribution < -0.4 is 4.74 Å². The highest BCUT2D eigenvalue weighted by molar-refractivity contribution is 8.13. The van der Waals surface area contributed by atoms with Crippen molar-refractivity contribution in [3.05, 3.63) is 29.6 Å². The minimum atomic E-state index is -3.53. The number of halogens is 2. The molecular formula is C13H18ClFO3S. The summed E-state index contributed by atoms with van der Waals surface area (Å²) in [5, 5.41) is 0. The molecule has 0 spiro atoms. The largest absolute Gasteiger partial charge is 0.493 e. The van der Waals surface area contributed by atoms with Crippen molar-refractivity contribution in [3.63, 3.8) is 0 Å². The molecule has 0 bridgehead atoms. The molecule has 1 aromatic carbocycles. The molecule has 0 aliphatic rings. The molecule has 0 radical (unpaired) electrons. The van der Waals surface area contributed by atoms with Crippen LogP contribution in [0.25, 0.3) is 0 Å². The van der Waals surface area contributed by atoms with Gasteiger partial charge in [-0.3, -0.25) is 0 Å². The van der Waals surface area contributed by atoms with E-state index in [0.717, 1.165) is 6.42 Å². The Hall–Kier alpha value is -0.810. The van der Waals surface area contributed by atoms with Crippen molar-refractivity contribution in [2.45, 2.75) is 26.7 Å². The summed E-state index contributed by atoms with van der Waals surface area (Å²) in [7, 11) is 1.73. The van der Waals surface area contributed by atoms with Gasteiger partial charge in [-0.2, -0.15) is 0 Å². The fraction of sp³-hybridized carbons (Fsp3) is 0.538. The number of rotatable bonds is 7. The van der Waals surface area contributed by atoms with E-state index in [2.05, 4.69) is 0 Å². The molecule has 0 aliphatic heterocycles. The van der Waals surface area contributed by atoms with Crippen LogP contribution in [-0.2, 0) is 9.05 Å². The minimum absolute atomic E-state index is 0.109. The van der Waals surface area contributed by atoms with Crippen molar-refractivity contribution >= 4 is 19.7 Å². The molecule has 1 atom stereocenters. The summed E-state index contributed by atoms with van der Waals surface area (Å²) in [5.74, 6) is -0.0200. The molecule has 108 valence electrons. The molecule has 0 saturated carbocycles. The quantitative estimate of drug-likeness (QED) is 0.724. The van der Waals surface area contributed by atoms with Gasteiger partial charge in [-0.1, -0.05) is 13.3 Å². The predicted molar refractivity (Wildman–Crippen MR) is 74.7 cm³/mol. The first-order valence-electron chi connectivity index (χ1n) is 6.13. The summed E-state index contributed by atoms with van der Waals surface area (Å²) >= 11 is 0. The molecular weight excluding hydrogens is 291 g/mol. The summed E-state index contributed by atoms with van der Waals surface area (Å²) in [6.45, 7) is 3.87. The van der Waals surface area contributed by atoms with Crippen LogP contribution in [0.2, 0.25) is 0 Å². The molecule has 0 amide bonds. The maximum atomic E-state index is 13.1. The van der Waals surface area contributed by atoms with Crippen LogP contribution >= 0.6 is 10.7 Å². The van der Waals surface area contributed by atoms with E-state index in [-0.39, 0.29) is 24.1 Å². The third-order valence-electron chi connectivity index (χ3n) is 2.75. The average Bonchev–Trinajstić information content (AvgIpc) is 2.29. The van der Waals surface area contributed by atoms with Gasteiger partial charge in [-0.25, -0.2) is 12.8 Å². The second-order valence-electron chi connectivity index (χ2n) is 4.58. The zero-order chi connectivity index (χ0) is 14.5. The van der Waals surface area contributed by atoms with Gasteiger partial charge >= 0.3 is 0 Å². The first-order valence-corrected chi connectivity index (χ1v) is 8.61. The van der Waals surface area contributed by atoms with E-state index in [0.29, 0.717) is 17.7 Å². The Kier molecular flexibility index (Phi) is 6.07. The highest BCUT2D eigenvalue weighted by Crippen LogP contribution is 2.19. The zero-order valence-electron chi connectivity index (χ0n) is 11.0. The van der Waals surface area contributed by atoms with Crippen molar-refractivity contribution in [1.82, 2.24) is 0 Å². The lowest BCUT2D eigenvalue weighted by Crippen LogP contribution is -2.19. The van der Waals surface area contributed by atoms with Gasteiger partial charge in [-0.05, 0) is 37.1 Å². The smallest absolute Gasteiger partial charge is 0.232 e. The lowest BCUT2D eigenvalue weighted by molar-refractivity contribution is 0.252. The maximum absolute atomic E-state index is 13.1. The summed E-state index contributed by atoms with van der Waals surface area (Å²) in [5.41, 5.74) is 0.495. The zero-order valence-corrected chi connectivity index (χ0v) is 12.6. The normalized spacial score (nSPS) is 13.3. The number of ether oxygens (including phenoxy) is 1. The number of benzene rings is 1. The summed E-state index contributed by atoms with van der Waals surface area (Å²) in [4.78, 5) is 0. The van der Waals surface area contributed by atoms with Crippen LogP contribution in [0.15, 0.2) is 18.2 Å². The van der Waals surface area contributed by atoms with E-state index in [1.165, 1.54) is 12.1 Å². The van der Waals surface area contributed by atoms with Gasteiger partial charge in [0.2, 0.25) is 9.05 Å². The number of hydrogen-bond acceptors (Lipinski definition) is 3. The van der Waals surface area contributed by atoms with Crippen molar-refractivity contribution < 1.29 is 17.5 Å². The van der Waals surface area contributed by atoms with Gasteiger partial charge in [-0.15, -0.1) is 0 Å². The Morgan fingerprint density at radius 1 is 1.42 bits per heavy atom. The van der Waals surface area contributed by atoms with E-state index in [9.17, 15) is 12.8 Å². The maximum Gasteiger partial charge on any atom is 0.232 e. The van der Waals surface area contributed by atoms with Crippen molar-refractivity contribution in [2.75, 3.05) is 12.4 Å². The second-order valence-corrected chi connectivity index (χ2v) is 7.40. The molecule has 0 aromatic heterocycles. The van der Waals surface area contributed by atoms with E-state index in [4.69, 9.17) is 15.4 Å². The van der Waals surface area contributed by atoms with Crippen LogP contribution in [0.3, 0.4) is 0 Å². The second kappa shape index (κ2) is 7.10. The molecule has 1 unspecified atom stereocenters. The molecule has 0 aliphatic carbocycles. The van der Waals surface area contributed by atoms with Gasteiger partial charge in [0.25, 0.3) is 0 Å². The van der Waals surface area contributed by atoms with Crippen LogP contribution in [0.1, 0.15) is 25.3 Å². The molecule has 3 nitrogen and oxygen atoms in total. The predicted octanol–water partition coefficient (Wildman–Crippen LogP) is 3.50. The van der Waals surface area contributed by atoms with Gasteiger partial charge < -0.3 is 4.74 Å². The summed E-state index contributed by atoms with van der Waals surface area (Å²) in [6.07, 6.45) is 1.56. The van der Waals surface area contributed by atoms with Crippen molar-refractivity contribution in [3.8, 4) is 5.75 Å². The molecule has 0 saturated heterocycles. The van der Waals surface area contributed by atoms with Crippen molar-refractivity contribution in [1.29, 1.82) is 0 Å². The Morgan fingerprint density at radius 3 is 2.63 bits per heavy atom. The van der Waals surface area contributed by atoms with E-state index < -0.39 is 9.05 Å².